The van der Waals surface area contributed by atoms with Crippen molar-refractivity contribution in [3.8, 4) is 0 Å². The van der Waals surface area contributed by atoms with Gasteiger partial charge in [0.15, 0.2) is 0 Å². The van der Waals surface area contributed by atoms with E-state index in [1.807, 2.05) is 0 Å². The minimum Gasteiger partial charge on any atom is -0.434 e. The molecule has 8 heteroatoms. The van der Waals surface area contributed by atoms with Crippen LogP contribution in [0.25, 0.3) is 0 Å². The summed E-state index contributed by atoms with van der Waals surface area (Å²) in [6.07, 6.45) is -5.15. The average molecular weight is 263 g/mol. The highest BCUT2D eigenvalue weighted by Gasteiger charge is 2.46. The van der Waals surface area contributed by atoms with Gasteiger partial charge in [0.05, 0.1) is 6.61 Å². The lowest BCUT2D eigenvalue weighted by atomic mass is 9.97. The zero-order valence-corrected chi connectivity index (χ0v) is 10.1. The van der Waals surface area contributed by atoms with Crippen LogP contribution in [0.3, 0.4) is 0 Å². The largest absolute Gasteiger partial charge is 0.434 e. The monoisotopic (exact) mass is 263 g/mol. The molecule has 0 aromatic heterocycles. The molecule has 8 nitrogen and oxygen atoms in total. The Balaban J connectivity index is 2.86. The molecular weight excluding hydrogens is 246 g/mol. The number of carbonyl (C=O) groups excluding carboxylic acids is 2. The molecule has 0 bridgehead atoms. The van der Waals surface area contributed by atoms with Gasteiger partial charge in [-0.15, -0.1) is 0 Å². The second kappa shape index (κ2) is 6.10. The molecule has 1 rings (SSSR count). The Labute approximate surface area is 104 Å². The van der Waals surface area contributed by atoms with Crippen LogP contribution >= 0.6 is 0 Å². The lowest BCUT2D eigenvalue weighted by Crippen LogP contribution is -2.64. The van der Waals surface area contributed by atoms with Gasteiger partial charge >= 0.3 is 5.97 Å². The Morgan fingerprint density at radius 3 is 2.33 bits per heavy atom. The van der Waals surface area contributed by atoms with Crippen molar-refractivity contribution in [2.75, 3.05) is 6.61 Å². The molecule has 0 aromatic rings. The zero-order valence-electron chi connectivity index (χ0n) is 10.1. The van der Waals surface area contributed by atoms with Gasteiger partial charge in [-0.05, 0) is 0 Å². The standard InChI is InChI=1S/C10H17NO7/c1-4(13)11-7-9(16)8(15)6(3-12)18-10(7)17-5(2)14/h6-10,12,15-16H,3H2,1-2H3,(H,11,13)/t6-,7+,8-,9-,10?/m1/s1. The van der Waals surface area contributed by atoms with Crippen LogP contribution in [0, 0.1) is 0 Å². The van der Waals surface area contributed by atoms with Crippen LogP contribution in [0.2, 0.25) is 0 Å². The molecule has 1 unspecified atom stereocenters. The van der Waals surface area contributed by atoms with Crippen molar-refractivity contribution in [1.82, 2.24) is 5.32 Å². The number of hydrogen-bond acceptors (Lipinski definition) is 7. The molecule has 5 atom stereocenters. The first-order valence-electron chi connectivity index (χ1n) is 5.43. The lowest BCUT2D eigenvalue weighted by molar-refractivity contribution is -0.262. The van der Waals surface area contributed by atoms with E-state index in [4.69, 9.17) is 14.6 Å². The summed E-state index contributed by atoms with van der Waals surface area (Å²) in [7, 11) is 0. The first-order valence-corrected chi connectivity index (χ1v) is 5.43. The third-order valence-electron chi connectivity index (χ3n) is 2.53. The van der Waals surface area contributed by atoms with Crippen molar-refractivity contribution >= 4 is 11.9 Å². The van der Waals surface area contributed by atoms with Gasteiger partial charge in [-0.3, -0.25) is 9.59 Å². The van der Waals surface area contributed by atoms with Gasteiger partial charge in [-0.2, -0.15) is 0 Å². The van der Waals surface area contributed by atoms with E-state index < -0.39 is 49.1 Å². The summed E-state index contributed by atoms with van der Waals surface area (Å²) >= 11 is 0. The lowest BCUT2D eigenvalue weighted by Gasteiger charge is -2.41. The highest BCUT2D eigenvalue weighted by atomic mass is 16.7. The van der Waals surface area contributed by atoms with E-state index in [1.165, 1.54) is 6.92 Å². The van der Waals surface area contributed by atoms with E-state index in [1.54, 1.807) is 0 Å². The maximum atomic E-state index is 11.0. The number of hydrogen-bond donors (Lipinski definition) is 4. The highest BCUT2D eigenvalue weighted by Crippen LogP contribution is 2.22. The second-order valence-electron chi connectivity index (χ2n) is 4.04. The van der Waals surface area contributed by atoms with Gasteiger partial charge in [0.1, 0.15) is 24.4 Å². The van der Waals surface area contributed by atoms with Crippen LogP contribution in [0.15, 0.2) is 0 Å². The highest BCUT2D eigenvalue weighted by molar-refractivity contribution is 5.73. The van der Waals surface area contributed by atoms with Crippen LogP contribution in [0.1, 0.15) is 13.8 Å². The number of esters is 1. The molecule has 1 aliphatic heterocycles. The van der Waals surface area contributed by atoms with Gasteiger partial charge < -0.3 is 30.1 Å². The maximum Gasteiger partial charge on any atom is 0.305 e. The van der Waals surface area contributed by atoms with E-state index in [0.29, 0.717) is 0 Å². The molecule has 18 heavy (non-hydrogen) atoms. The Morgan fingerprint density at radius 2 is 1.89 bits per heavy atom. The van der Waals surface area contributed by atoms with E-state index in [-0.39, 0.29) is 0 Å². The molecular formula is C10H17NO7. The summed E-state index contributed by atoms with van der Waals surface area (Å²) in [6, 6.07) is -1.09. The van der Waals surface area contributed by atoms with E-state index in [0.717, 1.165) is 6.92 Å². The van der Waals surface area contributed by atoms with Crippen molar-refractivity contribution in [2.45, 2.75) is 44.5 Å². The fraction of sp³-hybridized carbons (Fsp3) is 0.800. The van der Waals surface area contributed by atoms with Gasteiger partial charge in [-0.1, -0.05) is 0 Å². The van der Waals surface area contributed by atoms with Crippen LogP contribution in [-0.4, -0.2) is 64.4 Å². The average Bonchev–Trinajstić information content (AvgIpc) is 2.27. The third-order valence-corrected chi connectivity index (χ3v) is 2.53. The quantitative estimate of drug-likeness (QED) is 0.414. The molecule has 1 saturated heterocycles. The SMILES string of the molecule is CC(=O)N[C@@H]1C(OC(C)=O)O[C@H](CO)[C@@H](O)[C@@H]1O. The molecule has 4 N–H and O–H groups in total. The van der Waals surface area contributed by atoms with E-state index in [2.05, 4.69) is 5.32 Å². The molecule has 0 spiro atoms. The molecule has 1 heterocycles. The van der Waals surface area contributed by atoms with Gasteiger partial charge in [0, 0.05) is 13.8 Å². The van der Waals surface area contributed by atoms with Crippen LogP contribution in [0.5, 0.6) is 0 Å². The Hall–Kier alpha value is -1.22. The normalized spacial score (nSPS) is 35.9. The van der Waals surface area contributed by atoms with Crippen LogP contribution in [0.4, 0.5) is 0 Å². The number of aliphatic hydroxyl groups is 3. The maximum absolute atomic E-state index is 11.0. The molecule has 0 aliphatic carbocycles. The van der Waals surface area contributed by atoms with Crippen molar-refractivity contribution in [3.63, 3.8) is 0 Å². The van der Waals surface area contributed by atoms with Crippen molar-refractivity contribution in [3.05, 3.63) is 0 Å². The minimum atomic E-state index is -1.41. The summed E-state index contributed by atoms with van der Waals surface area (Å²) < 4.78 is 9.92. The van der Waals surface area contributed by atoms with Crippen molar-refractivity contribution in [2.24, 2.45) is 0 Å². The fourth-order valence-corrected chi connectivity index (χ4v) is 1.73. The van der Waals surface area contributed by atoms with Gasteiger partial charge in [-0.25, -0.2) is 0 Å². The number of rotatable bonds is 3. The van der Waals surface area contributed by atoms with E-state index in [9.17, 15) is 19.8 Å². The van der Waals surface area contributed by atoms with Crippen LogP contribution in [-0.2, 0) is 19.1 Å². The fourth-order valence-electron chi connectivity index (χ4n) is 1.73. The molecule has 0 aromatic carbocycles. The number of nitrogens with one attached hydrogen (secondary N) is 1. The van der Waals surface area contributed by atoms with Crippen LogP contribution < -0.4 is 5.32 Å². The Kier molecular flexibility index (Phi) is 5.03. The molecule has 1 aliphatic rings. The Bertz CT molecular complexity index is 321. The number of amides is 1. The van der Waals surface area contributed by atoms with Crippen molar-refractivity contribution in [1.29, 1.82) is 0 Å². The first-order chi connectivity index (χ1) is 8.36. The summed E-state index contributed by atoms with van der Waals surface area (Å²) in [4.78, 5) is 21.9. The molecule has 0 saturated carbocycles. The minimum absolute atomic E-state index is 0.477. The van der Waals surface area contributed by atoms with E-state index >= 15 is 0 Å². The number of aliphatic hydroxyl groups excluding tert-OH is 3. The third kappa shape index (κ3) is 3.39. The van der Waals surface area contributed by atoms with Crippen molar-refractivity contribution < 1.29 is 34.4 Å². The topological polar surface area (TPSA) is 125 Å². The Morgan fingerprint density at radius 1 is 1.28 bits per heavy atom. The van der Waals surface area contributed by atoms with Gasteiger partial charge in [0.25, 0.3) is 0 Å². The first kappa shape index (κ1) is 14.8. The predicted octanol–water partition coefficient (Wildman–Crippen LogP) is -2.51. The molecule has 1 amide bonds. The molecule has 0 radical (unpaired) electrons. The zero-order chi connectivity index (χ0) is 13.9. The molecule has 1 fully saturated rings. The summed E-state index contributed by atoms with van der Waals surface area (Å²) in [5.41, 5.74) is 0. The summed E-state index contributed by atoms with van der Waals surface area (Å²) in [6.45, 7) is 1.80. The summed E-state index contributed by atoms with van der Waals surface area (Å²) in [5.74, 6) is -1.15. The number of ether oxygens (including phenoxy) is 2. The van der Waals surface area contributed by atoms with Gasteiger partial charge in [0.2, 0.25) is 12.2 Å². The molecule has 104 valence electrons. The number of carbonyl (C=O) groups is 2. The predicted molar refractivity (Wildman–Crippen MR) is 57.1 cm³/mol. The summed E-state index contributed by atoms with van der Waals surface area (Å²) in [5, 5.41) is 30.8. The smallest absolute Gasteiger partial charge is 0.305 e. The second-order valence-corrected chi connectivity index (χ2v) is 4.04.